The second-order valence-corrected chi connectivity index (χ2v) is 4.20. The van der Waals surface area contributed by atoms with E-state index >= 15 is 0 Å². The van der Waals surface area contributed by atoms with Crippen LogP contribution in [0.5, 0.6) is 0 Å². The van der Waals surface area contributed by atoms with E-state index in [4.69, 9.17) is 4.74 Å². The maximum Gasteiger partial charge on any atom is 0.0619 e. The van der Waals surface area contributed by atoms with Crippen LogP contribution in [0.25, 0.3) is 0 Å². The number of hydrogen-bond acceptors (Lipinski definition) is 3. The first-order valence-electron chi connectivity index (χ1n) is 5.49. The van der Waals surface area contributed by atoms with E-state index in [0.29, 0.717) is 6.04 Å². The minimum atomic E-state index is 0.514. The predicted molar refractivity (Wildman–Crippen MR) is 59.7 cm³/mol. The van der Waals surface area contributed by atoms with E-state index in [0.717, 1.165) is 32.0 Å². The molecule has 2 rings (SSSR count). The summed E-state index contributed by atoms with van der Waals surface area (Å²) in [5.41, 5.74) is 2.36. The van der Waals surface area contributed by atoms with Gasteiger partial charge in [0.05, 0.1) is 13.2 Å². The average molecular weight is 206 g/mol. The van der Waals surface area contributed by atoms with Gasteiger partial charge in [-0.15, -0.1) is 0 Å². The molecular weight excluding hydrogens is 188 g/mol. The molecule has 2 heterocycles. The van der Waals surface area contributed by atoms with Crippen molar-refractivity contribution >= 4 is 0 Å². The van der Waals surface area contributed by atoms with Gasteiger partial charge in [0.1, 0.15) is 0 Å². The Morgan fingerprint density at radius 1 is 1.53 bits per heavy atom. The maximum absolute atomic E-state index is 5.41. The molecule has 0 spiro atoms. The molecule has 0 N–H and O–H groups in total. The zero-order valence-electron chi connectivity index (χ0n) is 9.44. The van der Waals surface area contributed by atoms with Crippen LogP contribution in [-0.2, 0) is 11.3 Å². The fourth-order valence-corrected chi connectivity index (χ4v) is 1.82. The third kappa shape index (κ3) is 2.76. The van der Waals surface area contributed by atoms with Crippen molar-refractivity contribution in [3.8, 4) is 0 Å². The van der Waals surface area contributed by atoms with E-state index in [1.807, 2.05) is 13.1 Å². The van der Waals surface area contributed by atoms with Gasteiger partial charge in [-0.1, -0.05) is 6.07 Å². The van der Waals surface area contributed by atoms with Gasteiger partial charge >= 0.3 is 0 Å². The molecule has 0 bridgehead atoms. The summed E-state index contributed by atoms with van der Waals surface area (Å²) in [6.45, 7) is 7.93. The van der Waals surface area contributed by atoms with Crippen molar-refractivity contribution in [2.75, 3.05) is 19.8 Å². The van der Waals surface area contributed by atoms with E-state index in [1.165, 1.54) is 5.56 Å². The highest BCUT2D eigenvalue weighted by atomic mass is 16.5. The van der Waals surface area contributed by atoms with E-state index < -0.39 is 0 Å². The van der Waals surface area contributed by atoms with Crippen LogP contribution < -0.4 is 0 Å². The molecule has 1 fully saturated rings. The van der Waals surface area contributed by atoms with Crippen LogP contribution in [0.15, 0.2) is 18.3 Å². The predicted octanol–water partition coefficient (Wildman–Crippen LogP) is 1.61. The number of ether oxygens (including phenoxy) is 1. The molecule has 1 unspecified atom stereocenters. The fourth-order valence-electron chi connectivity index (χ4n) is 1.82. The molecule has 0 amide bonds. The first-order valence-corrected chi connectivity index (χ1v) is 5.49. The van der Waals surface area contributed by atoms with Crippen molar-refractivity contribution in [3.05, 3.63) is 29.6 Å². The van der Waals surface area contributed by atoms with Crippen LogP contribution in [0.3, 0.4) is 0 Å². The lowest BCUT2D eigenvalue weighted by Crippen LogP contribution is -2.42. The Bertz CT molecular complexity index is 310. The monoisotopic (exact) mass is 206 g/mol. The molecule has 3 heteroatoms. The van der Waals surface area contributed by atoms with Crippen LogP contribution in [0.4, 0.5) is 0 Å². The third-order valence-electron chi connectivity index (χ3n) is 2.86. The van der Waals surface area contributed by atoms with E-state index in [9.17, 15) is 0 Å². The molecule has 1 aromatic heterocycles. The number of aryl methyl sites for hydroxylation is 1. The van der Waals surface area contributed by atoms with Crippen molar-refractivity contribution in [2.45, 2.75) is 26.4 Å². The summed E-state index contributed by atoms with van der Waals surface area (Å²) < 4.78 is 5.41. The Balaban J connectivity index is 1.98. The summed E-state index contributed by atoms with van der Waals surface area (Å²) in [5, 5.41) is 0. The molecule has 0 aliphatic carbocycles. The van der Waals surface area contributed by atoms with Gasteiger partial charge in [0.15, 0.2) is 0 Å². The number of morpholine rings is 1. The lowest BCUT2D eigenvalue weighted by Gasteiger charge is -2.33. The van der Waals surface area contributed by atoms with Crippen LogP contribution in [0.1, 0.15) is 18.2 Å². The molecule has 82 valence electrons. The van der Waals surface area contributed by atoms with E-state index in [1.54, 1.807) is 0 Å². The summed E-state index contributed by atoms with van der Waals surface area (Å²) in [4.78, 5) is 6.75. The molecular formula is C12H18N2O. The highest BCUT2D eigenvalue weighted by Gasteiger charge is 2.18. The summed E-state index contributed by atoms with van der Waals surface area (Å²) in [5.74, 6) is 0. The summed E-state index contributed by atoms with van der Waals surface area (Å²) in [6, 6.07) is 4.74. The Hall–Kier alpha value is -0.930. The largest absolute Gasteiger partial charge is 0.379 e. The zero-order valence-corrected chi connectivity index (χ0v) is 9.44. The lowest BCUT2D eigenvalue weighted by molar-refractivity contribution is -0.00441. The number of nitrogens with zero attached hydrogens (tertiary/aromatic N) is 2. The summed E-state index contributed by atoms with van der Waals surface area (Å²) >= 11 is 0. The molecule has 15 heavy (non-hydrogen) atoms. The van der Waals surface area contributed by atoms with Crippen molar-refractivity contribution in [1.82, 2.24) is 9.88 Å². The van der Waals surface area contributed by atoms with Gasteiger partial charge in [-0.2, -0.15) is 0 Å². The molecule has 3 nitrogen and oxygen atoms in total. The third-order valence-corrected chi connectivity index (χ3v) is 2.86. The van der Waals surface area contributed by atoms with Crippen LogP contribution >= 0.6 is 0 Å². The van der Waals surface area contributed by atoms with Crippen molar-refractivity contribution < 1.29 is 4.74 Å². The highest BCUT2D eigenvalue weighted by molar-refractivity contribution is 5.13. The molecule has 1 aliphatic rings. The number of pyridine rings is 1. The van der Waals surface area contributed by atoms with Gasteiger partial charge in [0.2, 0.25) is 0 Å². The van der Waals surface area contributed by atoms with Crippen LogP contribution in [0.2, 0.25) is 0 Å². The normalized spacial score (nSPS) is 22.9. The molecule has 0 aromatic carbocycles. The second kappa shape index (κ2) is 4.73. The first kappa shape index (κ1) is 10.6. The second-order valence-electron chi connectivity index (χ2n) is 4.20. The Morgan fingerprint density at radius 2 is 2.40 bits per heavy atom. The van der Waals surface area contributed by atoms with Crippen molar-refractivity contribution in [1.29, 1.82) is 0 Å². The highest BCUT2D eigenvalue weighted by Crippen LogP contribution is 2.11. The van der Waals surface area contributed by atoms with Gasteiger partial charge in [-0.25, -0.2) is 0 Å². The Kier molecular flexibility index (Phi) is 3.34. The summed E-state index contributed by atoms with van der Waals surface area (Å²) in [7, 11) is 0. The first-order chi connectivity index (χ1) is 7.25. The average Bonchev–Trinajstić information content (AvgIpc) is 2.25. The molecule has 0 radical (unpaired) electrons. The van der Waals surface area contributed by atoms with Gasteiger partial charge in [-0.05, 0) is 25.5 Å². The van der Waals surface area contributed by atoms with Gasteiger partial charge in [0.25, 0.3) is 0 Å². The SMILES string of the molecule is Cc1ccc(CN2CCOCC2C)cn1. The minimum absolute atomic E-state index is 0.514. The molecule has 1 atom stereocenters. The van der Waals surface area contributed by atoms with Crippen LogP contribution in [-0.4, -0.2) is 35.7 Å². The Morgan fingerprint density at radius 3 is 3.07 bits per heavy atom. The number of aromatic nitrogens is 1. The van der Waals surface area contributed by atoms with Crippen molar-refractivity contribution in [2.24, 2.45) is 0 Å². The fraction of sp³-hybridized carbons (Fsp3) is 0.583. The van der Waals surface area contributed by atoms with Crippen molar-refractivity contribution in [3.63, 3.8) is 0 Å². The minimum Gasteiger partial charge on any atom is -0.379 e. The zero-order chi connectivity index (χ0) is 10.7. The summed E-state index contributed by atoms with van der Waals surface area (Å²) in [6.07, 6.45) is 1.97. The van der Waals surface area contributed by atoms with Gasteiger partial charge < -0.3 is 4.74 Å². The van der Waals surface area contributed by atoms with Crippen LogP contribution in [0, 0.1) is 6.92 Å². The Labute approximate surface area is 91.1 Å². The quantitative estimate of drug-likeness (QED) is 0.735. The molecule has 0 saturated carbocycles. The lowest BCUT2D eigenvalue weighted by atomic mass is 10.2. The van der Waals surface area contributed by atoms with Gasteiger partial charge in [-0.3, -0.25) is 9.88 Å². The molecule has 1 aliphatic heterocycles. The topological polar surface area (TPSA) is 25.4 Å². The van der Waals surface area contributed by atoms with E-state index in [-0.39, 0.29) is 0 Å². The number of rotatable bonds is 2. The maximum atomic E-state index is 5.41. The van der Waals surface area contributed by atoms with E-state index in [2.05, 4.69) is 28.9 Å². The smallest absolute Gasteiger partial charge is 0.0619 e. The standard InChI is InChI=1S/C12H18N2O/c1-10-3-4-12(7-13-10)8-14-5-6-15-9-11(14)2/h3-4,7,11H,5-6,8-9H2,1-2H3. The molecule has 1 aromatic rings. The van der Waals surface area contributed by atoms with Gasteiger partial charge in [0, 0.05) is 31.0 Å². The number of hydrogen-bond donors (Lipinski definition) is 0. The molecule has 1 saturated heterocycles.